The molecule has 0 aliphatic heterocycles. The van der Waals surface area contributed by atoms with Crippen molar-refractivity contribution >= 4 is 28.2 Å². The van der Waals surface area contributed by atoms with Crippen molar-refractivity contribution in [1.82, 2.24) is 9.78 Å². The van der Waals surface area contributed by atoms with Gasteiger partial charge in [0.2, 0.25) is 5.88 Å². The number of hydrogen-bond donors (Lipinski definition) is 0. The summed E-state index contributed by atoms with van der Waals surface area (Å²) >= 11 is 2.32. The molecule has 0 aliphatic carbocycles. The number of aryl methyl sites for hydroxylation is 1. The van der Waals surface area contributed by atoms with Gasteiger partial charge >= 0.3 is 0 Å². The van der Waals surface area contributed by atoms with E-state index in [-0.39, 0.29) is 0 Å². The van der Waals surface area contributed by atoms with Gasteiger partial charge in [-0.15, -0.1) is 5.10 Å². The van der Waals surface area contributed by atoms with Crippen molar-refractivity contribution in [2.45, 2.75) is 13.5 Å². The van der Waals surface area contributed by atoms with Crippen molar-refractivity contribution in [3.63, 3.8) is 0 Å². The fourth-order valence-electron chi connectivity index (χ4n) is 1.72. The van der Waals surface area contributed by atoms with Gasteiger partial charge in [0.15, 0.2) is 0 Å². The standard InChI is InChI=1S/C14H15IN2O/c1-10(2)11-5-4-6-13(15)12(11)9-18-14-7-8-17(3)16-14/h4-8H,1,9H2,2-3H3. The first kappa shape index (κ1) is 13.1. The number of halogens is 1. The van der Waals surface area contributed by atoms with Crippen molar-refractivity contribution in [2.75, 3.05) is 0 Å². The average Bonchev–Trinajstić information content (AvgIpc) is 2.73. The zero-order valence-corrected chi connectivity index (χ0v) is 12.6. The number of benzene rings is 1. The van der Waals surface area contributed by atoms with Crippen LogP contribution in [0, 0.1) is 3.57 Å². The molecule has 0 aliphatic rings. The first-order chi connectivity index (χ1) is 8.58. The fourth-order valence-corrected chi connectivity index (χ4v) is 2.38. The number of allylic oxidation sites excluding steroid dienone is 1. The van der Waals surface area contributed by atoms with Crippen molar-refractivity contribution in [3.05, 3.63) is 51.7 Å². The predicted octanol–water partition coefficient (Wildman–Crippen LogP) is 3.64. The Labute approximate surface area is 121 Å². The van der Waals surface area contributed by atoms with Crippen LogP contribution in [0.2, 0.25) is 0 Å². The van der Waals surface area contributed by atoms with Crippen LogP contribution < -0.4 is 4.74 Å². The summed E-state index contributed by atoms with van der Waals surface area (Å²) in [7, 11) is 1.87. The molecule has 0 saturated carbocycles. The number of hydrogen-bond acceptors (Lipinski definition) is 2. The summed E-state index contributed by atoms with van der Waals surface area (Å²) in [6.45, 7) is 6.53. The fraction of sp³-hybridized carbons (Fsp3) is 0.214. The molecule has 0 fully saturated rings. The highest BCUT2D eigenvalue weighted by atomic mass is 127. The van der Waals surface area contributed by atoms with Gasteiger partial charge in [-0.05, 0) is 41.1 Å². The second-order valence-corrected chi connectivity index (χ2v) is 5.32. The van der Waals surface area contributed by atoms with E-state index in [1.807, 2.05) is 32.3 Å². The molecule has 1 aromatic heterocycles. The van der Waals surface area contributed by atoms with Gasteiger partial charge in [0.05, 0.1) is 0 Å². The molecule has 0 amide bonds. The molecular weight excluding hydrogens is 339 g/mol. The van der Waals surface area contributed by atoms with Crippen LogP contribution in [-0.2, 0) is 13.7 Å². The minimum atomic E-state index is 0.512. The first-order valence-corrected chi connectivity index (χ1v) is 6.71. The minimum absolute atomic E-state index is 0.512. The van der Waals surface area contributed by atoms with Crippen LogP contribution in [0.4, 0.5) is 0 Å². The van der Waals surface area contributed by atoms with Crippen molar-refractivity contribution in [2.24, 2.45) is 7.05 Å². The highest BCUT2D eigenvalue weighted by Gasteiger charge is 2.08. The molecule has 0 unspecified atom stereocenters. The average molecular weight is 354 g/mol. The Morgan fingerprint density at radius 3 is 2.83 bits per heavy atom. The van der Waals surface area contributed by atoms with E-state index in [4.69, 9.17) is 4.74 Å². The molecule has 2 aromatic rings. The van der Waals surface area contributed by atoms with Gasteiger partial charge in [0.25, 0.3) is 0 Å². The minimum Gasteiger partial charge on any atom is -0.472 e. The molecule has 18 heavy (non-hydrogen) atoms. The Hall–Kier alpha value is -1.30. The highest BCUT2D eigenvalue weighted by molar-refractivity contribution is 14.1. The van der Waals surface area contributed by atoms with Gasteiger partial charge in [0, 0.05) is 28.4 Å². The van der Waals surface area contributed by atoms with Crippen LogP contribution in [-0.4, -0.2) is 9.78 Å². The Balaban J connectivity index is 2.20. The lowest BCUT2D eigenvalue weighted by Gasteiger charge is -2.11. The maximum absolute atomic E-state index is 5.71. The van der Waals surface area contributed by atoms with E-state index in [2.05, 4.69) is 46.4 Å². The van der Waals surface area contributed by atoms with Gasteiger partial charge in [0.1, 0.15) is 6.61 Å². The third kappa shape index (κ3) is 2.93. The van der Waals surface area contributed by atoms with E-state index in [0.29, 0.717) is 12.5 Å². The van der Waals surface area contributed by atoms with Crippen LogP contribution in [0.15, 0.2) is 37.0 Å². The third-order valence-corrected chi connectivity index (χ3v) is 3.64. The molecule has 3 nitrogen and oxygen atoms in total. The van der Waals surface area contributed by atoms with Crippen LogP contribution in [0.25, 0.3) is 5.57 Å². The van der Waals surface area contributed by atoms with E-state index in [9.17, 15) is 0 Å². The number of aromatic nitrogens is 2. The Bertz CT molecular complexity index is 575. The molecule has 0 radical (unpaired) electrons. The quantitative estimate of drug-likeness (QED) is 0.784. The second-order valence-electron chi connectivity index (χ2n) is 4.16. The second kappa shape index (κ2) is 5.56. The summed E-state index contributed by atoms with van der Waals surface area (Å²) in [5, 5.41) is 4.20. The van der Waals surface area contributed by atoms with E-state index < -0.39 is 0 Å². The SMILES string of the molecule is C=C(C)c1cccc(I)c1COc1ccn(C)n1. The summed E-state index contributed by atoms with van der Waals surface area (Å²) in [6.07, 6.45) is 1.87. The largest absolute Gasteiger partial charge is 0.472 e. The summed E-state index contributed by atoms with van der Waals surface area (Å²) in [5.74, 6) is 0.643. The zero-order valence-electron chi connectivity index (χ0n) is 10.5. The summed E-state index contributed by atoms with van der Waals surface area (Å²) in [4.78, 5) is 0. The third-order valence-electron chi connectivity index (χ3n) is 2.63. The van der Waals surface area contributed by atoms with E-state index in [0.717, 1.165) is 16.7 Å². The van der Waals surface area contributed by atoms with Crippen molar-refractivity contribution in [1.29, 1.82) is 0 Å². The maximum Gasteiger partial charge on any atom is 0.233 e. The van der Waals surface area contributed by atoms with Crippen molar-refractivity contribution in [3.8, 4) is 5.88 Å². The molecule has 4 heteroatoms. The maximum atomic E-state index is 5.71. The van der Waals surface area contributed by atoms with Gasteiger partial charge in [-0.25, -0.2) is 0 Å². The summed E-state index contributed by atoms with van der Waals surface area (Å²) in [5.41, 5.74) is 3.36. The molecule has 1 aromatic carbocycles. The molecule has 0 N–H and O–H groups in total. The molecule has 0 saturated heterocycles. The first-order valence-electron chi connectivity index (χ1n) is 5.63. The lowest BCUT2D eigenvalue weighted by molar-refractivity contribution is 0.289. The Morgan fingerprint density at radius 1 is 1.44 bits per heavy atom. The summed E-state index contributed by atoms with van der Waals surface area (Å²) in [6, 6.07) is 8.04. The molecule has 1 heterocycles. The molecule has 2 rings (SSSR count). The summed E-state index contributed by atoms with van der Waals surface area (Å²) < 4.78 is 8.62. The molecule has 0 atom stereocenters. The molecule has 0 spiro atoms. The number of nitrogens with zero attached hydrogens (tertiary/aromatic N) is 2. The highest BCUT2D eigenvalue weighted by Crippen LogP contribution is 2.24. The molecule has 0 bridgehead atoms. The van der Waals surface area contributed by atoms with Gasteiger partial charge in [-0.3, -0.25) is 4.68 Å². The predicted molar refractivity (Wildman–Crippen MR) is 81.4 cm³/mol. The lowest BCUT2D eigenvalue weighted by atomic mass is 10.0. The molecule has 94 valence electrons. The Morgan fingerprint density at radius 2 is 2.22 bits per heavy atom. The number of ether oxygens (including phenoxy) is 1. The molecular formula is C14H15IN2O. The lowest BCUT2D eigenvalue weighted by Crippen LogP contribution is -2.02. The van der Waals surface area contributed by atoms with Crippen LogP contribution >= 0.6 is 22.6 Å². The number of rotatable bonds is 4. The van der Waals surface area contributed by atoms with Crippen LogP contribution in [0.1, 0.15) is 18.1 Å². The van der Waals surface area contributed by atoms with E-state index in [1.165, 1.54) is 3.57 Å². The van der Waals surface area contributed by atoms with Crippen LogP contribution in [0.5, 0.6) is 5.88 Å². The Kier molecular flexibility index (Phi) is 4.06. The van der Waals surface area contributed by atoms with E-state index >= 15 is 0 Å². The monoisotopic (exact) mass is 354 g/mol. The van der Waals surface area contributed by atoms with E-state index in [1.54, 1.807) is 4.68 Å². The normalized spacial score (nSPS) is 10.4. The van der Waals surface area contributed by atoms with Crippen molar-refractivity contribution < 1.29 is 4.74 Å². The van der Waals surface area contributed by atoms with Crippen LogP contribution in [0.3, 0.4) is 0 Å². The van der Waals surface area contributed by atoms with Gasteiger partial charge in [-0.1, -0.05) is 24.3 Å². The smallest absolute Gasteiger partial charge is 0.233 e. The van der Waals surface area contributed by atoms with Gasteiger partial charge in [-0.2, -0.15) is 0 Å². The zero-order chi connectivity index (χ0) is 13.1. The topological polar surface area (TPSA) is 27.1 Å². The van der Waals surface area contributed by atoms with Gasteiger partial charge < -0.3 is 4.74 Å².